The molecule has 24 heteroatoms. The van der Waals surface area contributed by atoms with Crippen molar-refractivity contribution < 1.29 is 119 Å². The van der Waals surface area contributed by atoms with E-state index in [0.717, 1.165) is 18.4 Å². The van der Waals surface area contributed by atoms with E-state index in [2.05, 4.69) is 33.8 Å². The number of ketones is 1. The van der Waals surface area contributed by atoms with Crippen LogP contribution >= 0.6 is 0 Å². The normalized spacial score (nSPS) is 50.5. The molecule has 7 fully saturated rings. The number of hydrogen-bond donors (Lipinski definition) is 15. The highest BCUT2D eigenvalue weighted by Crippen LogP contribution is 2.74. The van der Waals surface area contributed by atoms with Crippen LogP contribution in [0.4, 0.5) is 0 Å². The summed E-state index contributed by atoms with van der Waals surface area (Å²) in [6.45, 7) is 13.3. The zero-order valence-electron chi connectivity index (χ0n) is 46.0. The van der Waals surface area contributed by atoms with Gasteiger partial charge in [0.05, 0.1) is 44.2 Å². The number of allylic oxidation sites excluding steroid dienone is 1. The standard InChI is InChI=1S/C54H90O24/c1-22(9-13-33(51(4,5)70)77-49-45(41(66)36(61)28(20-57)74-49)78-48-44(69)39(64)35(60)27(19-56)73-48)23-15-16-52(6)30-12-10-24-25(54(30,8)31(58)17-53(23,52)7)11-14-32(50(24,2)3)76-47-43(68)40(65)37(62)29(75-47)21-71-46-42(67)38(63)34(59)26(18-55)72-46/h10,22-23,25-30,32-49,55-57,59-70H,9,11-21H2,1-8H3/t22-,23-,25-,26-,27+,28-,29-,30+,32+,33-,34-,35+,36-,37-,38+,39-,40+,41+,42-,43-,44+,45-,46-,47+,48-,49+,52+,53-,54+/m1/s1. The second kappa shape index (κ2) is 23.5. The average Bonchev–Trinajstić information content (AvgIpc) is 2.93. The number of fused-ring (bicyclic) bond motifs is 5. The molecular weight excluding hydrogens is 1030 g/mol. The SMILES string of the molecule is C[C@H](CC[C@@H](O[C@@H]1O[C@H](CO)[C@@H](O)[C@H](O)[C@H]1O[C@H]1O[C@@H](CO)[C@H](O)[C@@H](O)[C@@H]1O)C(C)(C)O)[C@H]1CC[C@@]2(C)[C@@H]3CC=C4[C@@H](CC[C@H](O[C@@H]5O[C@H](CO[C@@H]6O[C@H](CO)[C@@H](O)[C@H](O)[C@H]6O)[C@@H](O)[C@H](O)[C@H]5O)C4(C)C)[C@]3(C)C(=O)C[C@]12C. The smallest absolute Gasteiger partial charge is 0.187 e. The molecule has 8 rings (SSSR count). The molecule has 0 radical (unpaired) electrons. The lowest BCUT2D eigenvalue weighted by Gasteiger charge is -2.65. The summed E-state index contributed by atoms with van der Waals surface area (Å²) < 4.78 is 47.4. The fraction of sp³-hybridized carbons (Fsp3) is 0.944. The zero-order valence-corrected chi connectivity index (χ0v) is 46.0. The third-order valence-corrected chi connectivity index (χ3v) is 20.5. The van der Waals surface area contributed by atoms with E-state index in [9.17, 15) is 76.6 Å². The highest BCUT2D eigenvalue weighted by atomic mass is 16.8. The number of aliphatic hydroxyl groups excluding tert-OH is 14. The van der Waals surface area contributed by atoms with Crippen LogP contribution < -0.4 is 0 Å². The Hall–Kier alpha value is -1.51. The second-order valence-electron chi connectivity index (χ2n) is 25.7. The van der Waals surface area contributed by atoms with Crippen LogP contribution in [0.2, 0.25) is 0 Å². The van der Waals surface area contributed by atoms with Crippen molar-refractivity contribution >= 4 is 5.78 Å². The first-order chi connectivity index (χ1) is 36.4. The van der Waals surface area contributed by atoms with E-state index in [4.69, 9.17) is 37.9 Å². The lowest BCUT2D eigenvalue weighted by Crippen LogP contribution is -2.65. The second-order valence-corrected chi connectivity index (χ2v) is 25.7. The van der Waals surface area contributed by atoms with Crippen molar-refractivity contribution in [1.29, 1.82) is 0 Å². The fourth-order valence-electron chi connectivity index (χ4n) is 15.3. The molecule has 8 aliphatic rings. The van der Waals surface area contributed by atoms with Gasteiger partial charge in [0.2, 0.25) is 0 Å². The van der Waals surface area contributed by atoms with E-state index >= 15 is 4.79 Å². The Morgan fingerprint density at radius 2 is 1.12 bits per heavy atom. The number of aliphatic hydroxyl groups is 15. The number of carbonyl (C=O) groups excluding carboxylic acids is 1. The van der Waals surface area contributed by atoms with Gasteiger partial charge in [0.15, 0.2) is 25.2 Å². The van der Waals surface area contributed by atoms with Gasteiger partial charge in [-0.05, 0) is 93.3 Å². The van der Waals surface area contributed by atoms with E-state index in [1.165, 1.54) is 0 Å². The van der Waals surface area contributed by atoms with Gasteiger partial charge in [0.1, 0.15) is 103 Å². The number of carbonyl (C=O) groups is 1. The third kappa shape index (κ3) is 10.9. The van der Waals surface area contributed by atoms with Crippen LogP contribution in [0.25, 0.3) is 0 Å². The minimum Gasteiger partial charge on any atom is -0.394 e. The average molecular weight is 1120 g/mol. The molecule has 29 atom stereocenters. The molecule has 0 aromatic carbocycles. The maximum Gasteiger partial charge on any atom is 0.187 e. The summed E-state index contributed by atoms with van der Waals surface area (Å²) in [5.74, 6) is 0.115. The summed E-state index contributed by atoms with van der Waals surface area (Å²) >= 11 is 0. The number of hydrogen-bond acceptors (Lipinski definition) is 24. The molecule has 0 aromatic heterocycles. The van der Waals surface area contributed by atoms with Crippen molar-refractivity contribution in [3.05, 3.63) is 11.6 Å². The Morgan fingerprint density at radius 1 is 0.615 bits per heavy atom. The van der Waals surface area contributed by atoms with E-state index in [1.807, 2.05) is 13.8 Å². The highest BCUT2D eigenvalue weighted by Gasteiger charge is 2.71. The molecule has 4 saturated heterocycles. The summed E-state index contributed by atoms with van der Waals surface area (Å²) in [4.78, 5) is 15.2. The van der Waals surface area contributed by atoms with E-state index < -0.39 is 183 Å². The molecule has 3 saturated carbocycles. The van der Waals surface area contributed by atoms with Crippen LogP contribution in [0, 0.1) is 45.3 Å². The van der Waals surface area contributed by atoms with Crippen molar-refractivity contribution in [3.8, 4) is 0 Å². The first-order valence-corrected chi connectivity index (χ1v) is 27.9. The molecule has 78 heavy (non-hydrogen) atoms. The Morgan fingerprint density at radius 3 is 1.68 bits per heavy atom. The van der Waals surface area contributed by atoms with Crippen LogP contribution in [-0.2, 0) is 42.7 Å². The van der Waals surface area contributed by atoms with E-state index in [1.54, 1.807) is 13.8 Å². The third-order valence-electron chi connectivity index (χ3n) is 20.5. The molecule has 0 spiro atoms. The lowest BCUT2D eigenvalue weighted by atomic mass is 9.38. The topological polar surface area (TPSA) is 394 Å². The van der Waals surface area contributed by atoms with Gasteiger partial charge in [-0.3, -0.25) is 4.79 Å². The molecule has 4 aliphatic carbocycles. The number of Topliss-reactive ketones (excluding diaryl/α,β-unsaturated/α-hetero) is 1. The largest absolute Gasteiger partial charge is 0.394 e. The lowest BCUT2D eigenvalue weighted by molar-refractivity contribution is -0.375. The van der Waals surface area contributed by atoms with E-state index in [-0.39, 0.29) is 41.3 Å². The number of rotatable bonds is 17. The summed E-state index contributed by atoms with van der Waals surface area (Å²) in [6, 6.07) is 0. The molecule has 0 unspecified atom stereocenters. The van der Waals surface area contributed by atoms with Crippen molar-refractivity contribution in [2.75, 3.05) is 26.4 Å². The van der Waals surface area contributed by atoms with E-state index in [0.29, 0.717) is 32.1 Å². The van der Waals surface area contributed by atoms with Crippen molar-refractivity contribution in [1.82, 2.24) is 0 Å². The molecule has 4 heterocycles. The molecule has 24 nitrogen and oxygen atoms in total. The Kier molecular flexibility index (Phi) is 18.8. The predicted octanol–water partition coefficient (Wildman–Crippen LogP) is -3.02. The maximum absolute atomic E-state index is 15.2. The highest BCUT2D eigenvalue weighted by molar-refractivity contribution is 5.88. The number of ether oxygens (including phenoxy) is 8. The summed E-state index contributed by atoms with van der Waals surface area (Å²) in [5, 5.41) is 159. The first-order valence-electron chi connectivity index (χ1n) is 27.9. The summed E-state index contributed by atoms with van der Waals surface area (Å²) in [6.07, 6.45) is -26.9. The predicted molar refractivity (Wildman–Crippen MR) is 267 cm³/mol. The van der Waals surface area contributed by atoms with Gasteiger partial charge in [-0.15, -0.1) is 0 Å². The fourth-order valence-corrected chi connectivity index (χ4v) is 15.3. The van der Waals surface area contributed by atoms with Gasteiger partial charge in [0, 0.05) is 17.3 Å². The molecule has 0 amide bonds. The van der Waals surface area contributed by atoms with Crippen LogP contribution in [0.1, 0.15) is 107 Å². The Bertz CT molecular complexity index is 2070. The van der Waals surface area contributed by atoms with Crippen LogP contribution in [0.15, 0.2) is 11.6 Å². The van der Waals surface area contributed by atoms with Gasteiger partial charge in [-0.1, -0.05) is 53.2 Å². The quantitative estimate of drug-likeness (QED) is 0.0645. The summed E-state index contributed by atoms with van der Waals surface area (Å²) in [5.41, 5.74) is -2.59. The molecule has 0 aromatic rings. The van der Waals surface area contributed by atoms with Gasteiger partial charge in [-0.25, -0.2) is 0 Å². The Balaban J connectivity index is 0.941. The van der Waals surface area contributed by atoms with Gasteiger partial charge in [-0.2, -0.15) is 0 Å². The molecule has 450 valence electrons. The van der Waals surface area contributed by atoms with Gasteiger partial charge in [0.25, 0.3) is 0 Å². The molecule has 0 bridgehead atoms. The zero-order chi connectivity index (χ0) is 57.5. The van der Waals surface area contributed by atoms with Crippen molar-refractivity contribution in [2.45, 2.75) is 247 Å². The minimum atomic E-state index is -1.86. The maximum atomic E-state index is 15.2. The van der Waals surface area contributed by atoms with Crippen LogP contribution in [0.5, 0.6) is 0 Å². The molecule has 15 N–H and O–H groups in total. The van der Waals surface area contributed by atoms with Crippen LogP contribution in [-0.4, -0.2) is 249 Å². The van der Waals surface area contributed by atoms with Crippen LogP contribution in [0.3, 0.4) is 0 Å². The molecule has 4 aliphatic heterocycles. The van der Waals surface area contributed by atoms with Gasteiger partial charge < -0.3 is 114 Å². The monoisotopic (exact) mass is 1120 g/mol. The minimum absolute atomic E-state index is 0.00515. The summed E-state index contributed by atoms with van der Waals surface area (Å²) in [7, 11) is 0. The molecular formula is C54H90O24. The van der Waals surface area contributed by atoms with Gasteiger partial charge >= 0.3 is 0 Å². The van der Waals surface area contributed by atoms with Crippen molar-refractivity contribution in [2.24, 2.45) is 45.3 Å². The van der Waals surface area contributed by atoms with Crippen molar-refractivity contribution in [3.63, 3.8) is 0 Å². The Labute approximate surface area is 454 Å². The first kappa shape index (κ1) is 62.5.